The highest BCUT2D eigenvalue weighted by Gasteiger charge is 2.37. The maximum absolute atomic E-state index is 12.7. The van der Waals surface area contributed by atoms with E-state index in [0.717, 1.165) is 22.5 Å². The lowest BCUT2D eigenvalue weighted by Gasteiger charge is -2.38. The number of nitrogens with one attached hydrogen (secondary N) is 1. The zero-order valence-corrected chi connectivity index (χ0v) is 19.6. The molecule has 7 nitrogen and oxygen atoms in total. The maximum atomic E-state index is 12.7. The number of fused-ring (bicyclic) bond motifs is 1. The van der Waals surface area contributed by atoms with Gasteiger partial charge in [0, 0.05) is 25.2 Å². The van der Waals surface area contributed by atoms with Gasteiger partial charge in [-0.3, -0.25) is 4.79 Å². The molecule has 0 radical (unpaired) electrons. The van der Waals surface area contributed by atoms with Crippen molar-refractivity contribution >= 4 is 40.4 Å². The van der Waals surface area contributed by atoms with Crippen LogP contribution in [0.25, 0.3) is 5.57 Å². The number of aromatic nitrogens is 1. The number of nitrogens with zero attached hydrogens (tertiary/aromatic N) is 2. The molecule has 1 amide bonds. The molecule has 0 saturated carbocycles. The Morgan fingerprint density at radius 2 is 2.00 bits per heavy atom. The first kappa shape index (κ1) is 22.6. The highest BCUT2D eigenvalue weighted by Crippen LogP contribution is 2.38. The van der Waals surface area contributed by atoms with Gasteiger partial charge >= 0.3 is 5.97 Å². The zero-order valence-electron chi connectivity index (χ0n) is 18.8. The Kier molecular flexibility index (Phi) is 5.99. The summed E-state index contributed by atoms with van der Waals surface area (Å²) in [6.07, 6.45) is 7.19. The second-order valence-corrected chi connectivity index (χ2v) is 8.68. The molecule has 1 aromatic carbocycles. The van der Waals surface area contributed by atoms with E-state index in [9.17, 15) is 9.59 Å². The van der Waals surface area contributed by atoms with Gasteiger partial charge in [-0.15, -0.1) is 0 Å². The molecule has 8 heteroatoms. The number of hydrogen-bond donors (Lipinski definition) is 1. The van der Waals surface area contributed by atoms with Crippen LogP contribution in [0.4, 0.5) is 11.4 Å². The molecule has 1 aliphatic heterocycles. The predicted octanol–water partition coefficient (Wildman–Crippen LogP) is 4.96. The lowest BCUT2D eigenvalue weighted by atomic mass is 9.95. The molecule has 0 saturated heterocycles. The molecule has 0 bridgehead atoms. The number of rotatable bonds is 4. The van der Waals surface area contributed by atoms with Crippen LogP contribution in [0.3, 0.4) is 0 Å². The van der Waals surface area contributed by atoms with Crippen LogP contribution in [0.5, 0.6) is 0 Å². The van der Waals surface area contributed by atoms with Crippen molar-refractivity contribution in [3.63, 3.8) is 0 Å². The normalized spacial score (nSPS) is 17.1. The molecule has 0 fully saturated rings. The number of esters is 1. The number of allylic oxidation sites excluding steroid dienone is 4. The molecule has 4 rings (SSSR count). The van der Waals surface area contributed by atoms with Crippen molar-refractivity contribution in [2.24, 2.45) is 0 Å². The van der Waals surface area contributed by atoms with Crippen LogP contribution < -0.4 is 10.2 Å². The molecule has 1 aromatic heterocycles. The van der Waals surface area contributed by atoms with Crippen LogP contribution in [-0.4, -0.2) is 36.6 Å². The molecule has 2 aromatic rings. The summed E-state index contributed by atoms with van der Waals surface area (Å²) in [5, 5.41) is 3.59. The second-order valence-electron chi connectivity index (χ2n) is 8.30. The summed E-state index contributed by atoms with van der Waals surface area (Å²) in [5.74, 6) is 0.573. The summed E-state index contributed by atoms with van der Waals surface area (Å²) in [6, 6.07) is 8.96. The van der Waals surface area contributed by atoms with E-state index in [1.807, 2.05) is 44.2 Å². The fourth-order valence-electron chi connectivity index (χ4n) is 3.81. The number of carbonyl (C=O) groups excluding carboxylic acids is 2. The molecule has 170 valence electrons. The van der Waals surface area contributed by atoms with Gasteiger partial charge < -0.3 is 19.7 Å². The average molecular weight is 466 g/mol. The van der Waals surface area contributed by atoms with Gasteiger partial charge in [0.1, 0.15) is 22.2 Å². The summed E-state index contributed by atoms with van der Waals surface area (Å²) in [7, 11) is 3.36. The smallest absolute Gasteiger partial charge is 0.344 e. The van der Waals surface area contributed by atoms with Crippen LogP contribution in [0.1, 0.15) is 36.2 Å². The third kappa shape index (κ3) is 4.50. The second kappa shape index (κ2) is 8.75. The van der Waals surface area contributed by atoms with Gasteiger partial charge in [0.05, 0.1) is 24.0 Å². The third-order valence-electron chi connectivity index (χ3n) is 5.55. The number of amides is 1. The topological polar surface area (TPSA) is 80.8 Å². The Balaban J connectivity index is 1.64. The van der Waals surface area contributed by atoms with Gasteiger partial charge in [0.15, 0.2) is 0 Å². The number of likely N-dealkylation sites (N-methyl/N-ethyl adjacent to an activating group) is 1. The number of ether oxygens (including phenoxy) is 2. The van der Waals surface area contributed by atoms with Crippen LogP contribution in [0.15, 0.2) is 66.3 Å². The third-order valence-corrected chi connectivity index (χ3v) is 5.78. The minimum Gasteiger partial charge on any atom is -0.496 e. The molecule has 1 N–H and O–H groups in total. The van der Waals surface area contributed by atoms with Gasteiger partial charge in [-0.1, -0.05) is 17.7 Å². The van der Waals surface area contributed by atoms with E-state index in [1.54, 1.807) is 31.2 Å². The molecule has 2 heterocycles. The molecule has 2 aliphatic rings. The van der Waals surface area contributed by atoms with E-state index < -0.39 is 11.5 Å². The van der Waals surface area contributed by atoms with E-state index in [1.165, 1.54) is 12.3 Å². The van der Waals surface area contributed by atoms with Crippen molar-refractivity contribution in [1.82, 2.24) is 4.98 Å². The predicted molar refractivity (Wildman–Crippen MR) is 128 cm³/mol. The van der Waals surface area contributed by atoms with E-state index in [2.05, 4.69) is 10.3 Å². The quantitative estimate of drug-likeness (QED) is 0.507. The Morgan fingerprint density at radius 1 is 1.21 bits per heavy atom. The summed E-state index contributed by atoms with van der Waals surface area (Å²) < 4.78 is 11.2. The number of carbonyl (C=O) groups is 2. The first-order valence-corrected chi connectivity index (χ1v) is 10.8. The largest absolute Gasteiger partial charge is 0.496 e. The van der Waals surface area contributed by atoms with E-state index in [-0.39, 0.29) is 5.91 Å². The summed E-state index contributed by atoms with van der Waals surface area (Å²) >= 11 is 5.78. The fraction of sp³-hybridized carbons (Fsp3) is 0.240. The van der Waals surface area contributed by atoms with E-state index in [4.69, 9.17) is 21.1 Å². The first-order chi connectivity index (χ1) is 15.7. The molecule has 33 heavy (non-hydrogen) atoms. The minimum absolute atomic E-state index is 0.0183. The summed E-state index contributed by atoms with van der Waals surface area (Å²) in [6.45, 7) is 3.71. The zero-order chi connectivity index (χ0) is 23.8. The molecular formula is C25H24ClN3O4. The van der Waals surface area contributed by atoms with Gasteiger partial charge in [0.2, 0.25) is 0 Å². The first-order valence-electron chi connectivity index (χ1n) is 10.4. The lowest BCUT2D eigenvalue weighted by molar-refractivity contribution is -0.121. The van der Waals surface area contributed by atoms with Crippen molar-refractivity contribution < 1.29 is 19.1 Å². The number of benzene rings is 1. The van der Waals surface area contributed by atoms with Crippen LogP contribution in [0, 0.1) is 0 Å². The average Bonchev–Trinajstić information content (AvgIpc) is 3.00. The van der Waals surface area contributed by atoms with Crippen LogP contribution >= 0.6 is 11.6 Å². The Morgan fingerprint density at radius 3 is 2.70 bits per heavy atom. The molecule has 1 aliphatic carbocycles. The molecule has 0 atom stereocenters. The van der Waals surface area contributed by atoms with Gasteiger partial charge in [0.25, 0.3) is 5.91 Å². The Labute approximate surface area is 197 Å². The number of pyridine rings is 1. The van der Waals surface area contributed by atoms with Crippen molar-refractivity contribution in [2.75, 3.05) is 24.4 Å². The number of methoxy groups -OCH3 is 1. The Bertz CT molecular complexity index is 1210. The SMILES string of the molecule is COC1=CCC(OC(=O)c2ccc(Cl)nc2)=CC=C1c1ccc2c(c1)N(C)C(=O)C(C)(C)N2. The summed E-state index contributed by atoms with van der Waals surface area (Å²) in [4.78, 5) is 30.7. The number of hydrogen-bond acceptors (Lipinski definition) is 6. The van der Waals surface area contributed by atoms with Crippen LogP contribution in [0.2, 0.25) is 5.15 Å². The standard InChI is InChI=1S/C25H24ClN3O4/c1-25(2)24(31)29(3)20-13-15(5-10-19(20)28-25)18-9-7-17(8-11-21(18)32-4)33-23(30)16-6-12-22(26)27-14-16/h5-7,9-14,28H,8H2,1-4H3. The van der Waals surface area contributed by atoms with Crippen molar-refractivity contribution in [1.29, 1.82) is 0 Å². The summed E-state index contributed by atoms with van der Waals surface area (Å²) in [5.41, 5.74) is 2.97. The number of anilines is 2. The van der Waals surface area contributed by atoms with E-state index >= 15 is 0 Å². The van der Waals surface area contributed by atoms with E-state index in [0.29, 0.717) is 28.7 Å². The van der Waals surface area contributed by atoms with Gasteiger partial charge in [-0.25, -0.2) is 9.78 Å². The van der Waals surface area contributed by atoms with Gasteiger partial charge in [-0.05, 0) is 61.9 Å². The highest BCUT2D eigenvalue weighted by molar-refractivity contribution is 6.29. The lowest BCUT2D eigenvalue weighted by Crippen LogP contribution is -2.52. The van der Waals surface area contributed by atoms with Crippen molar-refractivity contribution in [3.8, 4) is 0 Å². The van der Waals surface area contributed by atoms with Crippen molar-refractivity contribution in [3.05, 3.63) is 82.6 Å². The highest BCUT2D eigenvalue weighted by atomic mass is 35.5. The van der Waals surface area contributed by atoms with Gasteiger partial charge in [-0.2, -0.15) is 0 Å². The Hall–Kier alpha value is -3.58. The molecular weight excluding hydrogens is 442 g/mol. The minimum atomic E-state index is -0.677. The van der Waals surface area contributed by atoms with Crippen LogP contribution in [-0.2, 0) is 14.3 Å². The molecule has 0 unspecified atom stereocenters. The van der Waals surface area contributed by atoms with Crippen molar-refractivity contribution in [2.45, 2.75) is 25.8 Å². The maximum Gasteiger partial charge on any atom is 0.344 e. The fourth-order valence-corrected chi connectivity index (χ4v) is 3.92. The number of halogens is 1. The molecule has 0 spiro atoms. The monoisotopic (exact) mass is 465 g/mol.